The van der Waals surface area contributed by atoms with Gasteiger partial charge in [-0.1, -0.05) is 11.6 Å². The molecule has 0 aliphatic carbocycles. The Morgan fingerprint density at radius 1 is 1.43 bits per heavy atom. The van der Waals surface area contributed by atoms with Crippen LogP contribution in [0.4, 0.5) is 23.7 Å². The summed E-state index contributed by atoms with van der Waals surface area (Å²) in [4.78, 5) is 11.8. The summed E-state index contributed by atoms with van der Waals surface area (Å²) < 4.78 is 43.4. The van der Waals surface area contributed by atoms with Gasteiger partial charge in [-0.15, -0.1) is 0 Å². The van der Waals surface area contributed by atoms with Gasteiger partial charge in [-0.25, -0.2) is 4.79 Å². The molecular formula is C14H17ClF3N3O2. The highest BCUT2D eigenvalue weighted by atomic mass is 35.5. The molecule has 1 saturated heterocycles. The number of hydrogen-bond donors (Lipinski definition) is 3. The molecule has 0 aromatic heterocycles. The molecule has 2 amide bonds. The van der Waals surface area contributed by atoms with Crippen LogP contribution in [0.5, 0.6) is 0 Å². The van der Waals surface area contributed by atoms with Gasteiger partial charge < -0.3 is 20.7 Å². The predicted molar refractivity (Wildman–Crippen MR) is 80.7 cm³/mol. The average Bonchev–Trinajstić information content (AvgIpc) is 2.75. The number of hydrogen-bond acceptors (Lipinski definition) is 3. The lowest BCUT2D eigenvalue weighted by molar-refractivity contribution is -0.137. The topological polar surface area (TPSA) is 62.4 Å². The van der Waals surface area contributed by atoms with Crippen LogP contribution in [0.15, 0.2) is 18.2 Å². The molecule has 128 valence electrons. The number of alkyl halides is 3. The molecule has 1 atom stereocenters. The largest absolute Gasteiger partial charge is 0.416 e. The summed E-state index contributed by atoms with van der Waals surface area (Å²) in [7, 11) is 0. The summed E-state index contributed by atoms with van der Waals surface area (Å²) in [5.41, 5.74) is -0.965. The van der Waals surface area contributed by atoms with Gasteiger partial charge in [0.25, 0.3) is 0 Å². The lowest BCUT2D eigenvalue weighted by Crippen LogP contribution is -2.37. The summed E-state index contributed by atoms with van der Waals surface area (Å²) in [6.45, 7) is 2.92. The number of amides is 2. The van der Waals surface area contributed by atoms with Crippen LogP contribution in [-0.4, -0.2) is 38.9 Å². The molecule has 1 aliphatic rings. The van der Waals surface area contributed by atoms with Gasteiger partial charge in [0.15, 0.2) is 0 Å². The van der Waals surface area contributed by atoms with Crippen molar-refractivity contribution in [3.8, 4) is 0 Å². The van der Waals surface area contributed by atoms with Crippen molar-refractivity contribution in [2.75, 3.05) is 38.2 Å². The molecule has 3 N–H and O–H groups in total. The molecule has 0 saturated carbocycles. The summed E-state index contributed by atoms with van der Waals surface area (Å²) in [5, 5.41) is 8.13. The number of anilines is 1. The van der Waals surface area contributed by atoms with Crippen LogP contribution in [-0.2, 0) is 10.9 Å². The summed E-state index contributed by atoms with van der Waals surface area (Å²) in [5.74, 6) is 0.0974. The van der Waals surface area contributed by atoms with Gasteiger partial charge in [-0.2, -0.15) is 13.2 Å². The van der Waals surface area contributed by atoms with Crippen LogP contribution in [0.1, 0.15) is 5.56 Å². The SMILES string of the molecule is O=C(NCC1CNCCOC1)Nc1cc(C(F)(F)F)ccc1Cl. The number of rotatable bonds is 3. The van der Waals surface area contributed by atoms with E-state index in [1.165, 1.54) is 0 Å². The maximum Gasteiger partial charge on any atom is 0.416 e. The number of benzene rings is 1. The van der Waals surface area contributed by atoms with Gasteiger partial charge in [-0.3, -0.25) is 0 Å². The lowest BCUT2D eigenvalue weighted by Gasteiger charge is -2.16. The summed E-state index contributed by atoms with van der Waals surface area (Å²) in [6, 6.07) is 2.15. The first-order chi connectivity index (χ1) is 10.9. The third kappa shape index (κ3) is 5.56. The quantitative estimate of drug-likeness (QED) is 0.784. The number of carbonyl (C=O) groups is 1. The molecule has 9 heteroatoms. The first-order valence-electron chi connectivity index (χ1n) is 7.06. The van der Waals surface area contributed by atoms with Crippen LogP contribution in [0.25, 0.3) is 0 Å². The number of halogens is 4. The lowest BCUT2D eigenvalue weighted by atomic mass is 10.1. The van der Waals surface area contributed by atoms with Crippen molar-refractivity contribution in [3.05, 3.63) is 28.8 Å². The standard InChI is InChI=1S/C14H17ClF3N3O2/c15-11-2-1-10(14(16,17)18)5-12(11)21-13(22)20-7-9-6-19-3-4-23-8-9/h1-2,5,9,19H,3-4,6-8H2,(H2,20,21,22). The number of nitrogens with one attached hydrogen (secondary N) is 3. The second kappa shape index (κ2) is 7.85. The molecule has 2 rings (SSSR count). The fraction of sp³-hybridized carbons (Fsp3) is 0.500. The van der Waals surface area contributed by atoms with Gasteiger partial charge in [0, 0.05) is 25.6 Å². The maximum atomic E-state index is 12.7. The minimum atomic E-state index is -4.50. The van der Waals surface area contributed by atoms with Crippen LogP contribution < -0.4 is 16.0 Å². The Balaban J connectivity index is 1.91. The molecule has 5 nitrogen and oxygen atoms in total. The van der Waals surface area contributed by atoms with E-state index < -0.39 is 17.8 Å². The zero-order valence-corrected chi connectivity index (χ0v) is 12.9. The summed E-state index contributed by atoms with van der Waals surface area (Å²) >= 11 is 5.82. The first-order valence-corrected chi connectivity index (χ1v) is 7.44. The Morgan fingerprint density at radius 3 is 2.96 bits per heavy atom. The normalized spacial score (nSPS) is 19.0. The highest BCUT2D eigenvalue weighted by Crippen LogP contribution is 2.33. The number of urea groups is 1. The molecular weight excluding hydrogens is 335 g/mol. The average molecular weight is 352 g/mol. The Labute approximate surface area is 136 Å². The fourth-order valence-electron chi connectivity index (χ4n) is 2.09. The minimum absolute atomic E-state index is 0.0348. The predicted octanol–water partition coefficient (Wildman–Crippen LogP) is 2.72. The van der Waals surface area contributed by atoms with E-state index in [-0.39, 0.29) is 16.6 Å². The van der Waals surface area contributed by atoms with Crippen LogP contribution in [0, 0.1) is 5.92 Å². The second-order valence-corrected chi connectivity index (χ2v) is 5.58. The van der Waals surface area contributed by atoms with Crippen molar-refractivity contribution in [2.45, 2.75) is 6.18 Å². The van der Waals surface area contributed by atoms with Crippen molar-refractivity contribution >= 4 is 23.3 Å². The van der Waals surface area contributed by atoms with Crippen LogP contribution in [0.2, 0.25) is 5.02 Å². The van der Waals surface area contributed by atoms with Gasteiger partial charge in [0.05, 0.1) is 29.5 Å². The van der Waals surface area contributed by atoms with Crippen molar-refractivity contribution in [1.29, 1.82) is 0 Å². The Hall–Kier alpha value is -1.51. The van der Waals surface area contributed by atoms with Gasteiger partial charge in [0.1, 0.15) is 0 Å². The van der Waals surface area contributed by atoms with Crippen molar-refractivity contribution in [3.63, 3.8) is 0 Å². The number of carbonyl (C=O) groups excluding carboxylic acids is 1. The molecule has 1 aromatic carbocycles. The van der Waals surface area contributed by atoms with Gasteiger partial charge in [-0.05, 0) is 18.2 Å². The van der Waals surface area contributed by atoms with Crippen molar-refractivity contribution in [1.82, 2.24) is 10.6 Å². The summed E-state index contributed by atoms with van der Waals surface area (Å²) in [6.07, 6.45) is -4.50. The molecule has 1 heterocycles. The van der Waals surface area contributed by atoms with E-state index in [0.717, 1.165) is 24.7 Å². The Bertz CT molecular complexity index is 547. The smallest absolute Gasteiger partial charge is 0.380 e. The van der Waals surface area contributed by atoms with E-state index in [0.29, 0.717) is 26.3 Å². The van der Waals surface area contributed by atoms with E-state index in [9.17, 15) is 18.0 Å². The zero-order valence-electron chi connectivity index (χ0n) is 12.2. The minimum Gasteiger partial charge on any atom is -0.380 e. The van der Waals surface area contributed by atoms with Crippen LogP contribution >= 0.6 is 11.6 Å². The van der Waals surface area contributed by atoms with E-state index in [2.05, 4.69) is 16.0 Å². The monoisotopic (exact) mass is 351 g/mol. The maximum absolute atomic E-state index is 12.7. The number of ether oxygens (including phenoxy) is 1. The molecule has 0 bridgehead atoms. The van der Waals surface area contributed by atoms with Crippen molar-refractivity contribution in [2.24, 2.45) is 5.92 Å². The van der Waals surface area contributed by atoms with Gasteiger partial charge in [0.2, 0.25) is 0 Å². The zero-order chi connectivity index (χ0) is 16.9. The first kappa shape index (κ1) is 17.8. The van der Waals surface area contributed by atoms with Crippen molar-refractivity contribution < 1.29 is 22.7 Å². The molecule has 23 heavy (non-hydrogen) atoms. The Morgan fingerprint density at radius 2 is 2.22 bits per heavy atom. The third-order valence-corrected chi connectivity index (χ3v) is 3.63. The molecule has 1 unspecified atom stereocenters. The van der Waals surface area contributed by atoms with Crippen LogP contribution in [0.3, 0.4) is 0 Å². The van der Waals surface area contributed by atoms with E-state index >= 15 is 0 Å². The van der Waals surface area contributed by atoms with Gasteiger partial charge >= 0.3 is 12.2 Å². The van der Waals surface area contributed by atoms with E-state index in [1.54, 1.807) is 0 Å². The van der Waals surface area contributed by atoms with E-state index in [1.807, 2.05) is 0 Å². The highest BCUT2D eigenvalue weighted by molar-refractivity contribution is 6.33. The highest BCUT2D eigenvalue weighted by Gasteiger charge is 2.31. The molecule has 1 fully saturated rings. The molecule has 0 spiro atoms. The second-order valence-electron chi connectivity index (χ2n) is 5.17. The molecule has 1 aromatic rings. The Kier molecular flexibility index (Phi) is 6.09. The molecule has 0 radical (unpaired) electrons. The third-order valence-electron chi connectivity index (χ3n) is 3.30. The van der Waals surface area contributed by atoms with E-state index in [4.69, 9.17) is 16.3 Å². The molecule has 1 aliphatic heterocycles. The fourth-order valence-corrected chi connectivity index (χ4v) is 2.26.